The number of pyridine rings is 1. The molecule has 1 nitrogen and oxygen atoms in total. The molecule has 0 aliphatic carbocycles. The van der Waals surface area contributed by atoms with Crippen molar-refractivity contribution in [3.8, 4) is 11.3 Å². The van der Waals surface area contributed by atoms with E-state index in [0.29, 0.717) is 5.92 Å². The van der Waals surface area contributed by atoms with Gasteiger partial charge in [0, 0.05) is 11.8 Å². The van der Waals surface area contributed by atoms with Gasteiger partial charge in [-0.15, -0.1) is 0 Å². The maximum atomic E-state index is 4.48. The number of aromatic nitrogens is 1. The summed E-state index contributed by atoms with van der Waals surface area (Å²) in [6.07, 6.45) is 1.92. The lowest BCUT2D eigenvalue weighted by molar-refractivity contribution is 0.372. The van der Waals surface area contributed by atoms with Crippen LogP contribution in [0.5, 0.6) is 0 Å². The highest BCUT2D eigenvalue weighted by molar-refractivity contribution is 5.59. The molecule has 1 heterocycles. The molecule has 0 fully saturated rings. The molecule has 1 heteroatoms. The Bertz CT molecular complexity index is 512. The van der Waals surface area contributed by atoms with E-state index in [1.807, 2.05) is 12.3 Å². The van der Waals surface area contributed by atoms with E-state index in [1.54, 1.807) is 0 Å². The first-order chi connectivity index (χ1) is 8.51. The van der Waals surface area contributed by atoms with E-state index in [2.05, 4.69) is 69.1 Å². The smallest absolute Gasteiger partial charge is 0.0704 e. The molecule has 0 aliphatic heterocycles. The normalized spacial score (nSPS) is 11.8. The molecular weight excluding hydrogens is 218 g/mol. The maximum absolute atomic E-state index is 4.48. The lowest BCUT2D eigenvalue weighted by Gasteiger charge is -2.30. The van der Waals surface area contributed by atoms with E-state index in [9.17, 15) is 0 Å². The first-order valence-corrected chi connectivity index (χ1v) is 6.54. The Balaban J connectivity index is 2.43. The van der Waals surface area contributed by atoms with E-state index >= 15 is 0 Å². The van der Waals surface area contributed by atoms with E-state index in [4.69, 9.17) is 0 Å². The van der Waals surface area contributed by atoms with Crippen LogP contribution in [0, 0.1) is 5.92 Å². The first-order valence-electron chi connectivity index (χ1n) is 6.54. The second-order valence-corrected chi connectivity index (χ2v) is 5.67. The number of rotatable bonds is 3. The summed E-state index contributed by atoms with van der Waals surface area (Å²) in [6.45, 7) is 9.12. The van der Waals surface area contributed by atoms with Crippen molar-refractivity contribution in [1.29, 1.82) is 0 Å². The van der Waals surface area contributed by atoms with Gasteiger partial charge in [0.05, 0.1) is 5.69 Å². The minimum Gasteiger partial charge on any atom is -0.256 e. The maximum Gasteiger partial charge on any atom is 0.0704 e. The quantitative estimate of drug-likeness (QED) is 0.757. The van der Waals surface area contributed by atoms with Crippen LogP contribution >= 0.6 is 0 Å². The predicted molar refractivity (Wildman–Crippen MR) is 77.5 cm³/mol. The van der Waals surface area contributed by atoms with Crippen LogP contribution in [0.1, 0.15) is 33.3 Å². The zero-order valence-electron chi connectivity index (χ0n) is 11.6. The minimum atomic E-state index is 0.173. The summed E-state index contributed by atoms with van der Waals surface area (Å²) in [6, 6.07) is 14.7. The molecule has 0 atom stereocenters. The van der Waals surface area contributed by atoms with Crippen molar-refractivity contribution in [1.82, 2.24) is 4.98 Å². The van der Waals surface area contributed by atoms with Gasteiger partial charge in [-0.3, -0.25) is 4.98 Å². The van der Waals surface area contributed by atoms with Gasteiger partial charge < -0.3 is 0 Å². The Morgan fingerprint density at radius 3 is 2.28 bits per heavy atom. The van der Waals surface area contributed by atoms with Crippen LogP contribution in [-0.4, -0.2) is 4.98 Å². The zero-order valence-corrected chi connectivity index (χ0v) is 11.6. The van der Waals surface area contributed by atoms with Crippen LogP contribution in [0.25, 0.3) is 11.3 Å². The highest BCUT2D eigenvalue weighted by atomic mass is 14.7. The fourth-order valence-electron chi connectivity index (χ4n) is 1.93. The molecule has 0 unspecified atom stereocenters. The molecule has 18 heavy (non-hydrogen) atoms. The summed E-state index contributed by atoms with van der Waals surface area (Å²) in [5.74, 6) is 0.600. The Morgan fingerprint density at radius 2 is 1.67 bits per heavy atom. The molecule has 0 bridgehead atoms. The van der Waals surface area contributed by atoms with Crippen molar-refractivity contribution >= 4 is 0 Å². The van der Waals surface area contributed by atoms with Crippen molar-refractivity contribution in [3.63, 3.8) is 0 Å². The molecule has 0 radical (unpaired) electrons. The third-order valence-electron chi connectivity index (χ3n) is 4.02. The van der Waals surface area contributed by atoms with Crippen LogP contribution in [0.2, 0.25) is 0 Å². The monoisotopic (exact) mass is 239 g/mol. The molecule has 0 aliphatic rings. The second-order valence-electron chi connectivity index (χ2n) is 5.67. The van der Waals surface area contributed by atoms with E-state index < -0.39 is 0 Å². The van der Waals surface area contributed by atoms with Crippen LogP contribution in [0.3, 0.4) is 0 Å². The molecule has 1 aromatic heterocycles. The third-order valence-corrected chi connectivity index (χ3v) is 4.02. The van der Waals surface area contributed by atoms with Gasteiger partial charge in [-0.05, 0) is 29.0 Å². The number of hydrogen-bond donors (Lipinski definition) is 0. The van der Waals surface area contributed by atoms with Crippen LogP contribution in [-0.2, 0) is 5.41 Å². The van der Waals surface area contributed by atoms with Gasteiger partial charge in [-0.25, -0.2) is 0 Å². The summed E-state index contributed by atoms with van der Waals surface area (Å²) in [5.41, 5.74) is 3.76. The van der Waals surface area contributed by atoms with Crippen molar-refractivity contribution in [2.24, 2.45) is 5.92 Å². The van der Waals surface area contributed by atoms with Gasteiger partial charge >= 0.3 is 0 Å². The summed E-state index contributed by atoms with van der Waals surface area (Å²) in [5, 5.41) is 0. The van der Waals surface area contributed by atoms with Crippen molar-refractivity contribution in [2.75, 3.05) is 0 Å². The number of benzene rings is 1. The SMILES string of the molecule is CC(C)C(C)(C)c1ccnc(-c2ccccc2)c1. The minimum absolute atomic E-state index is 0.173. The van der Waals surface area contributed by atoms with E-state index in [0.717, 1.165) is 5.69 Å². The molecule has 0 saturated heterocycles. The number of nitrogens with zero attached hydrogens (tertiary/aromatic N) is 1. The Hall–Kier alpha value is -1.63. The van der Waals surface area contributed by atoms with Gasteiger partial charge in [0.15, 0.2) is 0 Å². The molecule has 0 amide bonds. The molecule has 1 aromatic carbocycles. The van der Waals surface area contributed by atoms with Gasteiger partial charge in [0.25, 0.3) is 0 Å². The van der Waals surface area contributed by atoms with Crippen molar-refractivity contribution < 1.29 is 0 Å². The van der Waals surface area contributed by atoms with Gasteiger partial charge in [0.1, 0.15) is 0 Å². The first kappa shape index (κ1) is 12.8. The molecule has 0 spiro atoms. The fourth-order valence-corrected chi connectivity index (χ4v) is 1.93. The highest BCUT2D eigenvalue weighted by Gasteiger charge is 2.24. The third kappa shape index (κ3) is 2.45. The largest absolute Gasteiger partial charge is 0.256 e. The topological polar surface area (TPSA) is 12.9 Å². The average molecular weight is 239 g/mol. The van der Waals surface area contributed by atoms with Crippen LogP contribution < -0.4 is 0 Å². The zero-order chi connectivity index (χ0) is 13.2. The van der Waals surface area contributed by atoms with Crippen LogP contribution in [0.4, 0.5) is 0 Å². The van der Waals surface area contributed by atoms with Gasteiger partial charge in [0.2, 0.25) is 0 Å². The molecule has 0 N–H and O–H groups in total. The van der Waals surface area contributed by atoms with Crippen molar-refractivity contribution in [3.05, 3.63) is 54.2 Å². The van der Waals surface area contributed by atoms with Crippen LogP contribution in [0.15, 0.2) is 48.7 Å². The fraction of sp³-hybridized carbons (Fsp3) is 0.353. The highest BCUT2D eigenvalue weighted by Crippen LogP contribution is 2.32. The summed E-state index contributed by atoms with van der Waals surface area (Å²) >= 11 is 0. The molecule has 94 valence electrons. The summed E-state index contributed by atoms with van der Waals surface area (Å²) in [4.78, 5) is 4.48. The Kier molecular flexibility index (Phi) is 3.51. The molecule has 2 rings (SSSR count). The predicted octanol–water partition coefficient (Wildman–Crippen LogP) is 4.68. The summed E-state index contributed by atoms with van der Waals surface area (Å²) in [7, 11) is 0. The Morgan fingerprint density at radius 1 is 1.00 bits per heavy atom. The summed E-state index contributed by atoms with van der Waals surface area (Å²) < 4.78 is 0. The van der Waals surface area contributed by atoms with Gasteiger partial charge in [-0.2, -0.15) is 0 Å². The lowest BCUT2D eigenvalue weighted by Crippen LogP contribution is -2.24. The Labute approximate surface area is 110 Å². The average Bonchev–Trinajstić information content (AvgIpc) is 2.40. The van der Waals surface area contributed by atoms with Gasteiger partial charge in [-0.1, -0.05) is 58.0 Å². The molecule has 0 saturated carbocycles. The standard InChI is InChI=1S/C17H21N/c1-13(2)17(3,4)15-10-11-18-16(12-15)14-8-6-5-7-9-14/h5-13H,1-4H3. The van der Waals surface area contributed by atoms with E-state index in [-0.39, 0.29) is 5.41 Å². The van der Waals surface area contributed by atoms with E-state index in [1.165, 1.54) is 11.1 Å². The molecular formula is C17H21N. The molecule has 2 aromatic rings. The number of hydrogen-bond acceptors (Lipinski definition) is 1. The van der Waals surface area contributed by atoms with Crippen molar-refractivity contribution in [2.45, 2.75) is 33.1 Å². The second kappa shape index (κ2) is 4.93. The lowest BCUT2D eigenvalue weighted by atomic mass is 9.75.